The highest BCUT2D eigenvalue weighted by Gasteiger charge is 2.30. The molecule has 1 amide bonds. The standard InChI is InChI=1S/C15H17NO3S/c17-15(12-6-3-7-12)16-20(18,19)14-9-8-11-4-1-2-5-13(11)10-14/h1-2,4-5,10,12H,3,6-9H2,(H,16,17). The Morgan fingerprint density at radius 3 is 2.60 bits per heavy atom. The number of benzene rings is 1. The Morgan fingerprint density at radius 2 is 1.90 bits per heavy atom. The third-order valence-corrected chi connectivity index (χ3v) is 5.55. The zero-order chi connectivity index (χ0) is 14.2. The number of hydrogen-bond acceptors (Lipinski definition) is 3. The van der Waals surface area contributed by atoms with Crippen molar-refractivity contribution < 1.29 is 13.2 Å². The molecule has 2 aliphatic carbocycles. The van der Waals surface area contributed by atoms with Gasteiger partial charge in [0.25, 0.3) is 10.0 Å². The summed E-state index contributed by atoms with van der Waals surface area (Å²) < 4.78 is 26.7. The van der Waals surface area contributed by atoms with Gasteiger partial charge in [0.15, 0.2) is 0 Å². The third-order valence-electron chi connectivity index (χ3n) is 4.07. The maximum absolute atomic E-state index is 12.3. The number of sulfonamides is 1. The predicted octanol–water partition coefficient (Wildman–Crippen LogP) is 2.22. The summed E-state index contributed by atoms with van der Waals surface area (Å²) in [6.07, 6.45) is 5.42. The van der Waals surface area contributed by atoms with Gasteiger partial charge in [-0.15, -0.1) is 0 Å². The molecule has 1 fully saturated rings. The second-order valence-corrected chi connectivity index (χ2v) is 7.14. The van der Waals surface area contributed by atoms with Crippen LogP contribution in [0.15, 0.2) is 29.2 Å². The quantitative estimate of drug-likeness (QED) is 0.928. The van der Waals surface area contributed by atoms with Crippen molar-refractivity contribution in [1.29, 1.82) is 0 Å². The smallest absolute Gasteiger partial charge is 0.260 e. The minimum Gasteiger partial charge on any atom is -0.274 e. The van der Waals surface area contributed by atoms with Crippen LogP contribution in [0.3, 0.4) is 0 Å². The number of allylic oxidation sites excluding steroid dienone is 1. The Bertz CT molecular complexity index is 672. The highest BCUT2D eigenvalue weighted by Crippen LogP contribution is 2.29. The number of nitrogens with one attached hydrogen (secondary N) is 1. The topological polar surface area (TPSA) is 63.2 Å². The number of carbonyl (C=O) groups excluding carboxylic acids is 1. The summed E-state index contributed by atoms with van der Waals surface area (Å²) >= 11 is 0. The molecular formula is C15H17NO3S. The molecular weight excluding hydrogens is 274 g/mol. The van der Waals surface area contributed by atoms with Gasteiger partial charge in [-0.1, -0.05) is 30.7 Å². The minimum absolute atomic E-state index is 0.124. The lowest BCUT2D eigenvalue weighted by Crippen LogP contribution is -2.39. The van der Waals surface area contributed by atoms with Crippen molar-refractivity contribution in [3.63, 3.8) is 0 Å². The molecule has 0 saturated heterocycles. The van der Waals surface area contributed by atoms with Crippen molar-refractivity contribution in [2.24, 2.45) is 5.92 Å². The molecule has 5 heteroatoms. The zero-order valence-corrected chi connectivity index (χ0v) is 11.9. The van der Waals surface area contributed by atoms with Crippen LogP contribution in [-0.2, 0) is 21.2 Å². The van der Waals surface area contributed by atoms with E-state index in [1.807, 2.05) is 24.3 Å². The van der Waals surface area contributed by atoms with Gasteiger partial charge in [-0.05, 0) is 42.9 Å². The van der Waals surface area contributed by atoms with Gasteiger partial charge in [-0.25, -0.2) is 13.1 Å². The molecule has 0 radical (unpaired) electrons. The van der Waals surface area contributed by atoms with Crippen LogP contribution >= 0.6 is 0 Å². The van der Waals surface area contributed by atoms with Gasteiger partial charge in [0, 0.05) is 5.92 Å². The fraction of sp³-hybridized carbons (Fsp3) is 0.400. The van der Waals surface area contributed by atoms with E-state index >= 15 is 0 Å². The number of hydrogen-bond donors (Lipinski definition) is 1. The molecule has 1 saturated carbocycles. The summed E-state index contributed by atoms with van der Waals surface area (Å²) in [4.78, 5) is 12.1. The highest BCUT2D eigenvalue weighted by molar-refractivity contribution is 7.94. The molecule has 3 rings (SSSR count). The molecule has 1 aromatic carbocycles. The van der Waals surface area contributed by atoms with E-state index in [4.69, 9.17) is 0 Å². The van der Waals surface area contributed by atoms with Crippen LogP contribution < -0.4 is 4.72 Å². The molecule has 0 unspecified atom stereocenters. The summed E-state index contributed by atoms with van der Waals surface area (Å²) in [7, 11) is -3.68. The van der Waals surface area contributed by atoms with E-state index in [9.17, 15) is 13.2 Å². The van der Waals surface area contributed by atoms with Crippen molar-refractivity contribution in [3.8, 4) is 0 Å². The van der Waals surface area contributed by atoms with Crippen molar-refractivity contribution in [2.75, 3.05) is 0 Å². The summed E-state index contributed by atoms with van der Waals surface area (Å²) in [5, 5.41) is 0. The summed E-state index contributed by atoms with van der Waals surface area (Å²) in [5.74, 6) is -0.475. The maximum Gasteiger partial charge on any atom is 0.260 e. The Kier molecular flexibility index (Phi) is 3.38. The van der Waals surface area contributed by atoms with Crippen LogP contribution in [0.5, 0.6) is 0 Å². The van der Waals surface area contributed by atoms with Crippen LogP contribution in [-0.4, -0.2) is 14.3 Å². The fourth-order valence-corrected chi connectivity index (χ4v) is 3.79. The first-order chi connectivity index (χ1) is 9.56. The first-order valence-corrected chi connectivity index (χ1v) is 8.40. The molecule has 0 atom stereocenters. The van der Waals surface area contributed by atoms with Gasteiger partial charge < -0.3 is 0 Å². The van der Waals surface area contributed by atoms with Crippen LogP contribution in [0.25, 0.3) is 6.08 Å². The van der Waals surface area contributed by atoms with Crippen molar-refractivity contribution in [1.82, 2.24) is 4.72 Å². The lowest BCUT2D eigenvalue weighted by Gasteiger charge is -2.24. The largest absolute Gasteiger partial charge is 0.274 e. The predicted molar refractivity (Wildman–Crippen MR) is 77.1 cm³/mol. The van der Waals surface area contributed by atoms with Crippen LogP contribution in [0.1, 0.15) is 36.8 Å². The van der Waals surface area contributed by atoms with Gasteiger partial charge in [0.1, 0.15) is 0 Å². The van der Waals surface area contributed by atoms with E-state index in [1.165, 1.54) is 0 Å². The normalized spacial score (nSPS) is 18.7. The SMILES string of the molecule is O=C(NS(=O)(=O)C1=Cc2ccccc2CC1)C1CCC1. The average molecular weight is 291 g/mol. The van der Waals surface area contributed by atoms with Crippen molar-refractivity contribution >= 4 is 22.0 Å². The van der Waals surface area contributed by atoms with Gasteiger partial charge in [0.2, 0.25) is 5.91 Å². The molecule has 0 aliphatic heterocycles. The molecule has 0 aromatic heterocycles. The molecule has 0 bridgehead atoms. The van der Waals surface area contributed by atoms with E-state index in [0.717, 1.165) is 30.4 Å². The second kappa shape index (κ2) is 5.05. The summed E-state index contributed by atoms with van der Waals surface area (Å²) in [6.45, 7) is 0. The van der Waals surface area contributed by atoms with Crippen LogP contribution in [0, 0.1) is 5.92 Å². The van der Waals surface area contributed by atoms with Crippen molar-refractivity contribution in [2.45, 2.75) is 32.1 Å². The Morgan fingerprint density at radius 1 is 1.15 bits per heavy atom. The van der Waals surface area contributed by atoms with Crippen molar-refractivity contribution in [3.05, 3.63) is 40.3 Å². The minimum atomic E-state index is -3.68. The van der Waals surface area contributed by atoms with E-state index < -0.39 is 10.0 Å². The summed E-state index contributed by atoms with van der Waals surface area (Å²) in [6, 6.07) is 7.74. The van der Waals surface area contributed by atoms with E-state index in [-0.39, 0.29) is 11.8 Å². The number of rotatable bonds is 3. The Balaban J connectivity index is 1.81. The zero-order valence-electron chi connectivity index (χ0n) is 11.1. The molecule has 106 valence electrons. The average Bonchev–Trinajstić information content (AvgIpc) is 2.35. The number of fused-ring (bicyclic) bond motifs is 1. The lowest BCUT2D eigenvalue weighted by molar-refractivity contribution is -0.125. The van der Waals surface area contributed by atoms with E-state index in [2.05, 4.69) is 4.72 Å². The van der Waals surface area contributed by atoms with Gasteiger partial charge in [0.05, 0.1) is 4.91 Å². The Hall–Kier alpha value is -1.62. The molecule has 0 heterocycles. The second-order valence-electron chi connectivity index (χ2n) is 5.41. The molecule has 2 aliphatic rings. The van der Waals surface area contributed by atoms with E-state index in [1.54, 1.807) is 6.08 Å². The van der Waals surface area contributed by atoms with Crippen LogP contribution in [0.4, 0.5) is 0 Å². The van der Waals surface area contributed by atoms with Gasteiger partial charge in [-0.3, -0.25) is 4.79 Å². The molecule has 1 N–H and O–H groups in total. The first kappa shape index (κ1) is 13.4. The Labute approximate surface area is 118 Å². The monoisotopic (exact) mass is 291 g/mol. The number of carbonyl (C=O) groups is 1. The number of aryl methyl sites for hydroxylation is 1. The number of amides is 1. The highest BCUT2D eigenvalue weighted by atomic mass is 32.2. The molecule has 0 spiro atoms. The van der Waals surface area contributed by atoms with Gasteiger partial charge in [-0.2, -0.15) is 0 Å². The van der Waals surface area contributed by atoms with Gasteiger partial charge >= 0.3 is 0 Å². The molecule has 4 nitrogen and oxygen atoms in total. The molecule has 20 heavy (non-hydrogen) atoms. The lowest BCUT2D eigenvalue weighted by atomic mass is 9.85. The van der Waals surface area contributed by atoms with E-state index in [0.29, 0.717) is 17.7 Å². The fourth-order valence-electron chi connectivity index (χ4n) is 2.57. The van der Waals surface area contributed by atoms with Crippen LogP contribution in [0.2, 0.25) is 0 Å². The maximum atomic E-state index is 12.3. The molecule has 1 aromatic rings. The first-order valence-electron chi connectivity index (χ1n) is 6.91. The third kappa shape index (κ3) is 2.50. The summed E-state index contributed by atoms with van der Waals surface area (Å²) in [5.41, 5.74) is 2.08.